The highest BCUT2D eigenvalue weighted by Gasteiger charge is 2.37. The zero-order valence-electron chi connectivity index (χ0n) is 8.38. The van der Waals surface area contributed by atoms with Gasteiger partial charge in [0.25, 0.3) is 0 Å². The molecule has 0 aromatic heterocycles. The Morgan fingerprint density at radius 3 is 2.67 bits per heavy atom. The van der Waals surface area contributed by atoms with Crippen LogP contribution in [0.3, 0.4) is 0 Å². The van der Waals surface area contributed by atoms with Crippen LogP contribution in [0.25, 0.3) is 0 Å². The maximum absolute atomic E-state index is 5.22. The van der Waals surface area contributed by atoms with Crippen molar-refractivity contribution in [2.75, 3.05) is 41.1 Å². The average Bonchev–Trinajstić information content (AvgIpc) is 2.35. The van der Waals surface area contributed by atoms with Crippen molar-refractivity contribution < 1.29 is 14.0 Å². The molecule has 0 saturated carbocycles. The van der Waals surface area contributed by atoms with Crippen molar-refractivity contribution in [1.29, 1.82) is 0 Å². The summed E-state index contributed by atoms with van der Waals surface area (Å²) in [7, 11) is 5.79. The summed E-state index contributed by atoms with van der Waals surface area (Å²) in [5.41, 5.74) is 0. The van der Waals surface area contributed by atoms with Crippen LogP contribution in [0.5, 0.6) is 0 Å². The Morgan fingerprint density at radius 1 is 1.33 bits per heavy atom. The lowest BCUT2D eigenvalue weighted by atomic mass is 10.2. The van der Waals surface area contributed by atoms with Crippen LogP contribution in [-0.2, 0) is 9.47 Å². The smallest absolute Gasteiger partial charge is 0.182 e. The second-order valence-electron chi connectivity index (χ2n) is 3.87. The van der Waals surface area contributed by atoms with Crippen LogP contribution in [0.4, 0.5) is 0 Å². The fraction of sp³-hybridized carbons (Fsp3) is 1.00. The molecule has 1 saturated heterocycles. The minimum atomic E-state index is 0.634. The first-order valence-corrected chi connectivity index (χ1v) is 4.55. The van der Waals surface area contributed by atoms with Gasteiger partial charge in [-0.05, 0) is 0 Å². The quantitative estimate of drug-likeness (QED) is 0.588. The first kappa shape index (κ1) is 9.96. The van der Waals surface area contributed by atoms with E-state index in [0.717, 1.165) is 17.8 Å². The van der Waals surface area contributed by atoms with E-state index in [1.807, 2.05) is 0 Å². The van der Waals surface area contributed by atoms with E-state index in [1.54, 1.807) is 14.2 Å². The van der Waals surface area contributed by atoms with Crippen LogP contribution in [0.2, 0.25) is 0 Å². The standard InChI is InChI=1S/C9H20NO2/c1-10(8-12-3)6-4-5-9(10)7-11-2/h9H,4-8H2,1-3H3/q+1. The summed E-state index contributed by atoms with van der Waals surface area (Å²) in [4.78, 5) is 0. The second kappa shape index (κ2) is 4.21. The Morgan fingerprint density at radius 2 is 2.08 bits per heavy atom. The molecule has 0 radical (unpaired) electrons. The average molecular weight is 174 g/mol. The molecule has 0 aliphatic carbocycles. The molecular formula is C9H20NO2+. The number of ether oxygens (including phenoxy) is 2. The van der Waals surface area contributed by atoms with Gasteiger partial charge in [0.1, 0.15) is 6.04 Å². The van der Waals surface area contributed by atoms with Gasteiger partial charge in [0.05, 0.1) is 20.2 Å². The van der Waals surface area contributed by atoms with Gasteiger partial charge in [-0.15, -0.1) is 0 Å². The molecule has 0 amide bonds. The summed E-state index contributed by atoms with van der Waals surface area (Å²) in [5, 5.41) is 0. The van der Waals surface area contributed by atoms with Gasteiger partial charge in [-0.3, -0.25) is 4.48 Å². The number of quaternary nitrogens is 1. The van der Waals surface area contributed by atoms with Gasteiger partial charge in [-0.25, -0.2) is 0 Å². The molecule has 72 valence electrons. The zero-order valence-corrected chi connectivity index (χ0v) is 8.38. The molecule has 1 heterocycles. The molecule has 1 aliphatic rings. The van der Waals surface area contributed by atoms with Crippen molar-refractivity contribution in [3.05, 3.63) is 0 Å². The summed E-state index contributed by atoms with van der Waals surface area (Å²) in [6.45, 7) is 2.90. The molecule has 2 atom stereocenters. The molecule has 0 aromatic carbocycles. The summed E-state index contributed by atoms with van der Waals surface area (Å²) in [6.07, 6.45) is 2.57. The molecule has 1 aliphatic heterocycles. The van der Waals surface area contributed by atoms with E-state index in [9.17, 15) is 0 Å². The van der Waals surface area contributed by atoms with E-state index in [4.69, 9.17) is 9.47 Å². The minimum Gasteiger partial charge on any atom is -0.379 e. The monoisotopic (exact) mass is 174 g/mol. The minimum absolute atomic E-state index is 0.634. The molecule has 1 fully saturated rings. The first-order valence-electron chi connectivity index (χ1n) is 4.55. The van der Waals surface area contributed by atoms with E-state index in [0.29, 0.717) is 6.04 Å². The molecule has 0 spiro atoms. The number of likely N-dealkylation sites (tertiary alicyclic amines) is 1. The van der Waals surface area contributed by atoms with Crippen LogP contribution in [-0.4, -0.2) is 51.7 Å². The number of nitrogens with zero attached hydrogens (tertiary/aromatic N) is 1. The van der Waals surface area contributed by atoms with Crippen LogP contribution in [0.1, 0.15) is 12.8 Å². The lowest BCUT2D eigenvalue weighted by Crippen LogP contribution is -2.51. The number of methoxy groups -OCH3 is 2. The maximum atomic E-state index is 5.22. The molecule has 0 bridgehead atoms. The SMILES string of the molecule is COCC1CCC[N+]1(C)COC. The van der Waals surface area contributed by atoms with Gasteiger partial charge >= 0.3 is 0 Å². The Hall–Kier alpha value is -0.120. The highest BCUT2D eigenvalue weighted by molar-refractivity contribution is 4.65. The van der Waals surface area contributed by atoms with Gasteiger partial charge in [0.2, 0.25) is 0 Å². The normalized spacial score (nSPS) is 35.8. The van der Waals surface area contributed by atoms with E-state index >= 15 is 0 Å². The highest BCUT2D eigenvalue weighted by Crippen LogP contribution is 2.24. The van der Waals surface area contributed by atoms with Crippen molar-refractivity contribution in [3.8, 4) is 0 Å². The van der Waals surface area contributed by atoms with Crippen molar-refractivity contribution in [2.45, 2.75) is 18.9 Å². The van der Waals surface area contributed by atoms with Gasteiger partial charge in [0, 0.05) is 27.1 Å². The van der Waals surface area contributed by atoms with Gasteiger partial charge in [-0.2, -0.15) is 0 Å². The Labute approximate surface area is 74.8 Å². The van der Waals surface area contributed by atoms with Crippen molar-refractivity contribution in [1.82, 2.24) is 0 Å². The summed E-state index contributed by atoms with van der Waals surface area (Å²) < 4.78 is 11.4. The predicted octanol–water partition coefficient (Wildman–Crippen LogP) is 0.846. The van der Waals surface area contributed by atoms with Gasteiger partial charge < -0.3 is 9.47 Å². The van der Waals surface area contributed by atoms with Gasteiger partial charge in [-0.1, -0.05) is 0 Å². The molecule has 3 heteroatoms. The largest absolute Gasteiger partial charge is 0.379 e. The number of hydrogen-bond acceptors (Lipinski definition) is 2. The van der Waals surface area contributed by atoms with Crippen LogP contribution in [0.15, 0.2) is 0 Å². The lowest BCUT2D eigenvalue weighted by Gasteiger charge is -2.34. The molecule has 3 nitrogen and oxygen atoms in total. The van der Waals surface area contributed by atoms with E-state index in [1.165, 1.54) is 19.4 Å². The molecule has 0 aromatic rings. The maximum Gasteiger partial charge on any atom is 0.182 e. The fourth-order valence-electron chi connectivity index (χ4n) is 2.10. The van der Waals surface area contributed by atoms with E-state index in [-0.39, 0.29) is 0 Å². The second-order valence-corrected chi connectivity index (χ2v) is 3.87. The molecule has 0 N–H and O–H groups in total. The lowest BCUT2D eigenvalue weighted by molar-refractivity contribution is -0.938. The summed E-state index contributed by atoms with van der Waals surface area (Å²) in [5.74, 6) is 0. The van der Waals surface area contributed by atoms with Crippen LogP contribution >= 0.6 is 0 Å². The predicted molar refractivity (Wildman–Crippen MR) is 47.8 cm³/mol. The van der Waals surface area contributed by atoms with E-state index in [2.05, 4.69) is 7.05 Å². The third-order valence-electron chi connectivity index (χ3n) is 2.87. The third-order valence-corrected chi connectivity index (χ3v) is 2.87. The number of likely N-dealkylation sites (N-methyl/N-ethyl adjacent to an activating group) is 1. The van der Waals surface area contributed by atoms with Crippen molar-refractivity contribution in [3.63, 3.8) is 0 Å². The third kappa shape index (κ3) is 1.97. The van der Waals surface area contributed by atoms with Crippen molar-refractivity contribution in [2.24, 2.45) is 0 Å². The topological polar surface area (TPSA) is 18.5 Å². The molecule has 2 unspecified atom stereocenters. The van der Waals surface area contributed by atoms with Gasteiger partial charge in [0.15, 0.2) is 6.73 Å². The Kier molecular flexibility index (Phi) is 3.50. The first-order chi connectivity index (χ1) is 5.73. The van der Waals surface area contributed by atoms with Crippen LogP contribution in [0, 0.1) is 0 Å². The number of hydrogen-bond donors (Lipinski definition) is 0. The number of rotatable bonds is 4. The van der Waals surface area contributed by atoms with Crippen LogP contribution < -0.4 is 0 Å². The van der Waals surface area contributed by atoms with Crippen molar-refractivity contribution >= 4 is 0 Å². The Bertz CT molecular complexity index is 140. The summed E-state index contributed by atoms with van der Waals surface area (Å²) >= 11 is 0. The molecule has 12 heavy (non-hydrogen) atoms. The Balaban J connectivity index is 2.48. The zero-order chi connectivity index (χ0) is 9.03. The highest BCUT2D eigenvalue weighted by atomic mass is 16.5. The fourth-order valence-corrected chi connectivity index (χ4v) is 2.10. The summed E-state index contributed by atoms with van der Waals surface area (Å²) in [6, 6.07) is 0.634. The molecule has 1 rings (SSSR count). The van der Waals surface area contributed by atoms with E-state index < -0.39 is 0 Å². The molecular weight excluding hydrogens is 154 g/mol.